The molecule has 6 nitrogen and oxygen atoms in total. The fraction of sp³-hybridized carbons (Fsp3) is 0.692. The van der Waals surface area contributed by atoms with Gasteiger partial charge in [-0.1, -0.05) is 0 Å². The average molecular weight is 268 g/mol. The van der Waals surface area contributed by atoms with Gasteiger partial charge in [0.25, 0.3) is 5.56 Å². The van der Waals surface area contributed by atoms with Crippen molar-refractivity contribution in [2.24, 2.45) is 0 Å². The summed E-state index contributed by atoms with van der Waals surface area (Å²) >= 11 is 0. The van der Waals surface area contributed by atoms with Crippen LogP contribution in [0.1, 0.15) is 31.0 Å². The Morgan fingerprint density at radius 3 is 2.89 bits per heavy atom. The molecule has 1 heterocycles. The van der Waals surface area contributed by atoms with E-state index in [4.69, 9.17) is 14.2 Å². The van der Waals surface area contributed by atoms with Gasteiger partial charge in [0.05, 0.1) is 12.7 Å². The standard InChI is InChI=1S/C13H20N2O4/c1-17-5-2-6-18-7-8-19-12-9-11(16)14-13(15-12)10-3-4-10/h9-10H,2-8H2,1H3,(H,14,15,16). The molecule has 0 unspecified atom stereocenters. The van der Waals surface area contributed by atoms with Crippen LogP contribution in [-0.4, -0.2) is 43.5 Å². The number of methoxy groups -OCH3 is 1. The Bertz CT molecular complexity index is 443. The molecule has 19 heavy (non-hydrogen) atoms. The van der Waals surface area contributed by atoms with Crippen LogP contribution < -0.4 is 10.3 Å². The number of H-pyrrole nitrogens is 1. The predicted molar refractivity (Wildman–Crippen MR) is 69.6 cm³/mol. The summed E-state index contributed by atoms with van der Waals surface area (Å²) in [7, 11) is 1.67. The summed E-state index contributed by atoms with van der Waals surface area (Å²) in [5.41, 5.74) is -0.159. The molecule has 0 radical (unpaired) electrons. The molecule has 0 amide bonds. The van der Waals surface area contributed by atoms with E-state index in [1.807, 2.05) is 0 Å². The van der Waals surface area contributed by atoms with E-state index < -0.39 is 0 Å². The molecule has 1 aromatic heterocycles. The molecular formula is C13H20N2O4. The van der Waals surface area contributed by atoms with Crippen molar-refractivity contribution in [3.63, 3.8) is 0 Å². The zero-order valence-electron chi connectivity index (χ0n) is 11.2. The Hall–Kier alpha value is -1.40. The number of nitrogens with one attached hydrogen (secondary N) is 1. The maximum atomic E-state index is 11.4. The lowest BCUT2D eigenvalue weighted by Gasteiger charge is -2.07. The van der Waals surface area contributed by atoms with Gasteiger partial charge in [0.2, 0.25) is 5.88 Å². The van der Waals surface area contributed by atoms with Gasteiger partial charge < -0.3 is 19.2 Å². The van der Waals surface area contributed by atoms with Crippen LogP contribution in [0, 0.1) is 0 Å². The van der Waals surface area contributed by atoms with E-state index >= 15 is 0 Å². The van der Waals surface area contributed by atoms with Gasteiger partial charge in [0, 0.05) is 26.2 Å². The smallest absolute Gasteiger partial charge is 0.254 e. The van der Waals surface area contributed by atoms with Crippen molar-refractivity contribution in [3.05, 3.63) is 22.2 Å². The highest BCUT2D eigenvalue weighted by Crippen LogP contribution is 2.37. The van der Waals surface area contributed by atoms with Gasteiger partial charge in [0.1, 0.15) is 12.4 Å². The Balaban J connectivity index is 1.69. The third kappa shape index (κ3) is 5.00. The molecule has 0 saturated heterocycles. The molecule has 0 atom stereocenters. The quantitative estimate of drug-likeness (QED) is 0.678. The van der Waals surface area contributed by atoms with Crippen molar-refractivity contribution >= 4 is 0 Å². The largest absolute Gasteiger partial charge is 0.475 e. The molecule has 1 saturated carbocycles. The Morgan fingerprint density at radius 2 is 2.16 bits per heavy atom. The molecule has 1 N–H and O–H groups in total. The topological polar surface area (TPSA) is 73.4 Å². The van der Waals surface area contributed by atoms with Gasteiger partial charge in [-0.25, -0.2) is 0 Å². The first kappa shape index (κ1) is 14.0. The second-order valence-electron chi connectivity index (χ2n) is 4.55. The highest BCUT2D eigenvalue weighted by atomic mass is 16.5. The monoisotopic (exact) mass is 268 g/mol. The number of aromatic nitrogens is 2. The number of rotatable bonds is 9. The van der Waals surface area contributed by atoms with Crippen molar-refractivity contribution in [1.29, 1.82) is 0 Å². The van der Waals surface area contributed by atoms with Crippen molar-refractivity contribution in [2.75, 3.05) is 33.5 Å². The van der Waals surface area contributed by atoms with E-state index in [0.717, 1.165) is 25.1 Å². The van der Waals surface area contributed by atoms with Gasteiger partial charge >= 0.3 is 0 Å². The van der Waals surface area contributed by atoms with Crippen LogP contribution >= 0.6 is 0 Å². The minimum absolute atomic E-state index is 0.159. The number of aromatic amines is 1. The lowest BCUT2D eigenvalue weighted by atomic mass is 10.4. The molecule has 1 aliphatic carbocycles. The first-order valence-electron chi connectivity index (χ1n) is 6.60. The van der Waals surface area contributed by atoms with E-state index in [2.05, 4.69) is 9.97 Å². The Morgan fingerprint density at radius 1 is 1.32 bits per heavy atom. The molecule has 0 bridgehead atoms. The molecule has 106 valence electrons. The van der Waals surface area contributed by atoms with Crippen LogP contribution in [0.5, 0.6) is 5.88 Å². The summed E-state index contributed by atoms with van der Waals surface area (Å²) in [5.74, 6) is 1.52. The summed E-state index contributed by atoms with van der Waals surface area (Å²) in [6, 6.07) is 1.37. The van der Waals surface area contributed by atoms with E-state index in [1.54, 1.807) is 7.11 Å². The fourth-order valence-corrected chi connectivity index (χ4v) is 1.69. The maximum absolute atomic E-state index is 11.4. The summed E-state index contributed by atoms with van der Waals surface area (Å²) in [6.45, 7) is 2.22. The van der Waals surface area contributed by atoms with Gasteiger partial charge in [0.15, 0.2) is 0 Å². The molecule has 2 rings (SSSR count). The minimum Gasteiger partial charge on any atom is -0.475 e. The number of nitrogens with zero attached hydrogens (tertiary/aromatic N) is 1. The highest BCUT2D eigenvalue weighted by molar-refractivity contribution is 5.13. The maximum Gasteiger partial charge on any atom is 0.254 e. The molecule has 0 aliphatic heterocycles. The van der Waals surface area contributed by atoms with Crippen molar-refractivity contribution in [1.82, 2.24) is 9.97 Å². The first-order chi connectivity index (χ1) is 9.29. The van der Waals surface area contributed by atoms with E-state index in [9.17, 15) is 4.79 Å². The Labute approximate surface area is 112 Å². The van der Waals surface area contributed by atoms with Gasteiger partial charge in [-0.05, 0) is 19.3 Å². The third-order valence-corrected chi connectivity index (χ3v) is 2.82. The fourth-order valence-electron chi connectivity index (χ4n) is 1.69. The molecule has 1 aromatic rings. The summed E-state index contributed by atoms with van der Waals surface area (Å²) in [5, 5.41) is 0. The second-order valence-corrected chi connectivity index (χ2v) is 4.55. The summed E-state index contributed by atoms with van der Waals surface area (Å²) in [6.07, 6.45) is 3.05. The van der Waals surface area contributed by atoms with Crippen molar-refractivity contribution in [3.8, 4) is 5.88 Å². The van der Waals surface area contributed by atoms with Gasteiger partial charge in [-0.3, -0.25) is 4.79 Å². The van der Waals surface area contributed by atoms with Crippen molar-refractivity contribution in [2.45, 2.75) is 25.2 Å². The summed E-state index contributed by atoms with van der Waals surface area (Å²) in [4.78, 5) is 18.5. The minimum atomic E-state index is -0.159. The van der Waals surface area contributed by atoms with Gasteiger partial charge in [-0.15, -0.1) is 0 Å². The normalized spacial score (nSPS) is 14.6. The van der Waals surface area contributed by atoms with E-state index in [0.29, 0.717) is 38.2 Å². The van der Waals surface area contributed by atoms with E-state index in [1.165, 1.54) is 6.07 Å². The summed E-state index contributed by atoms with van der Waals surface area (Å²) < 4.78 is 15.7. The lowest BCUT2D eigenvalue weighted by Crippen LogP contribution is -2.14. The van der Waals surface area contributed by atoms with Crippen LogP contribution in [0.2, 0.25) is 0 Å². The lowest BCUT2D eigenvalue weighted by molar-refractivity contribution is 0.0794. The zero-order chi connectivity index (χ0) is 13.5. The highest BCUT2D eigenvalue weighted by Gasteiger charge is 2.26. The molecule has 0 aromatic carbocycles. The van der Waals surface area contributed by atoms with Crippen LogP contribution in [0.3, 0.4) is 0 Å². The average Bonchev–Trinajstić information content (AvgIpc) is 3.21. The molecule has 1 fully saturated rings. The van der Waals surface area contributed by atoms with Crippen LogP contribution in [0.25, 0.3) is 0 Å². The number of ether oxygens (including phenoxy) is 3. The molecule has 1 aliphatic rings. The SMILES string of the molecule is COCCCOCCOc1cc(=O)[nH]c(C2CC2)n1. The zero-order valence-corrected chi connectivity index (χ0v) is 11.2. The van der Waals surface area contributed by atoms with Crippen LogP contribution in [0.4, 0.5) is 0 Å². The Kier molecular flexibility index (Phi) is 5.35. The third-order valence-electron chi connectivity index (χ3n) is 2.82. The second kappa shape index (κ2) is 7.25. The van der Waals surface area contributed by atoms with Crippen LogP contribution in [-0.2, 0) is 9.47 Å². The van der Waals surface area contributed by atoms with E-state index in [-0.39, 0.29) is 5.56 Å². The molecule has 0 spiro atoms. The number of hydrogen-bond donors (Lipinski definition) is 1. The van der Waals surface area contributed by atoms with Crippen molar-refractivity contribution < 1.29 is 14.2 Å². The van der Waals surface area contributed by atoms with Crippen LogP contribution in [0.15, 0.2) is 10.9 Å². The molecule has 6 heteroatoms. The van der Waals surface area contributed by atoms with Gasteiger partial charge in [-0.2, -0.15) is 4.98 Å². The number of hydrogen-bond acceptors (Lipinski definition) is 5. The predicted octanol–water partition coefficient (Wildman–Crippen LogP) is 1.08. The first-order valence-corrected chi connectivity index (χ1v) is 6.60. The molecular weight excluding hydrogens is 248 g/mol.